The van der Waals surface area contributed by atoms with Crippen LogP contribution < -0.4 is 5.32 Å². The molecule has 0 spiro atoms. The molecule has 1 aromatic carbocycles. The fourth-order valence-corrected chi connectivity index (χ4v) is 3.26. The van der Waals surface area contributed by atoms with Gasteiger partial charge in [0.1, 0.15) is 28.8 Å². The molecule has 32 heavy (non-hydrogen) atoms. The number of hydrogen-bond acceptors (Lipinski definition) is 7. The molecule has 0 radical (unpaired) electrons. The molecule has 0 atom stereocenters. The number of para-hydroxylation sites is 1. The molecular formula is C24H19N3O5. The van der Waals surface area contributed by atoms with Gasteiger partial charge in [-0.25, -0.2) is 9.78 Å². The van der Waals surface area contributed by atoms with Crippen LogP contribution in [-0.2, 0) is 9.53 Å². The Balaban J connectivity index is 1.56. The average Bonchev–Trinajstić information content (AvgIpc) is 3.33. The number of nitriles is 1. The van der Waals surface area contributed by atoms with Crippen LogP contribution in [-0.4, -0.2) is 23.5 Å². The highest BCUT2D eigenvalue weighted by atomic mass is 16.5. The third kappa shape index (κ3) is 3.96. The van der Waals surface area contributed by atoms with E-state index in [-0.39, 0.29) is 17.0 Å². The number of ether oxygens (including phenoxy) is 1. The van der Waals surface area contributed by atoms with Crippen LogP contribution in [0.5, 0.6) is 0 Å². The maximum atomic E-state index is 12.8. The highest BCUT2D eigenvalue weighted by molar-refractivity contribution is 6.05. The van der Waals surface area contributed by atoms with Crippen LogP contribution in [0, 0.1) is 32.1 Å². The number of anilines is 1. The van der Waals surface area contributed by atoms with Crippen molar-refractivity contribution in [2.75, 3.05) is 11.9 Å². The molecule has 0 aliphatic carbocycles. The van der Waals surface area contributed by atoms with Crippen LogP contribution in [0.25, 0.3) is 22.4 Å². The number of aryl methyl sites for hydroxylation is 2. The summed E-state index contributed by atoms with van der Waals surface area (Å²) in [6, 6.07) is 14.3. The van der Waals surface area contributed by atoms with E-state index in [1.807, 2.05) is 25.1 Å². The van der Waals surface area contributed by atoms with Crippen molar-refractivity contribution in [3.63, 3.8) is 0 Å². The van der Waals surface area contributed by atoms with Gasteiger partial charge in [-0.1, -0.05) is 18.2 Å². The Labute approximate surface area is 183 Å². The van der Waals surface area contributed by atoms with Crippen molar-refractivity contribution in [1.29, 1.82) is 5.26 Å². The Bertz CT molecular complexity index is 1390. The SMILES string of the molecule is Cc1ccc(-c2cc(C(=O)OCC(=O)Nc3oc(C)c(C)c3C#N)c3ccccc3n2)o1. The van der Waals surface area contributed by atoms with Crippen molar-refractivity contribution in [3.8, 4) is 17.5 Å². The second-order valence-corrected chi connectivity index (χ2v) is 7.21. The molecule has 1 N–H and O–H groups in total. The first kappa shape index (κ1) is 20.9. The average molecular weight is 429 g/mol. The molecule has 160 valence electrons. The number of fused-ring (bicyclic) bond motifs is 1. The standard InChI is InChI=1S/C24H19N3O5/c1-13-8-9-21(31-13)20-10-17(16-6-4-5-7-19(16)26-20)24(29)30-12-22(28)27-23-18(11-25)14(2)15(3)32-23/h4-10H,12H2,1-3H3,(H,27,28). The third-order valence-corrected chi connectivity index (χ3v) is 5.01. The predicted molar refractivity (Wildman–Crippen MR) is 116 cm³/mol. The number of rotatable bonds is 5. The minimum atomic E-state index is -0.685. The van der Waals surface area contributed by atoms with E-state index >= 15 is 0 Å². The predicted octanol–water partition coefficient (Wildman–Crippen LogP) is 4.68. The largest absolute Gasteiger partial charge is 0.460 e. The fraction of sp³-hybridized carbons (Fsp3) is 0.167. The molecule has 8 heteroatoms. The number of pyridine rings is 1. The topological polar surface area (TPSA) is 118 Å². The number of esters is 1. The quantitative estimate of drug-likeness (QED) is 0.458. The molecule has 0 bridgehead atoms. The van der Waals surface area contributed by atoms with E-state index in [0.29, 0.717) is 33.7 Å². The van der Waals surface area contributed by atoms with E-state index in [1.54, 1.807) is 44.2 Å². The number of furan rings is 2. The van der Waals surface area contributed by atoms with Crippen LogP contribution in [0.2, 0.25) is 0 Å². The third-order valence-electron chi connectivity index (χ3n) is 5.01. The summed E-state index contributed by atoms with van der Waals surface area (Å²) in [4.78, 5) is 29.7. The summed E-state index contributed by atoms with van der Waals surface area (Å²) < 4.78 is 16.3. The Morgan fingerprint density at radius 2 is 1.91 bits per heavy atom. The maximum absolute atomic E-state index is 12.8. The van der Waals surface area contributed by atoms with Crippen LogP contribution >= 0.6 is 0 Å². The molecule has 0 aliphatic rings. The Morgan fingerprint density at radius 3 is 2.62 bits per heavy atom. The molecule has 3 aromatic heterocycles. The van der Waals surface area contributed by atoms with Crippen LogP contribution in [0.1, 0.15) is 33.0 Å². The van der Waals surface area contributed by atoms with E-state index in [0.717, 1.165) is 5.76 Å². The van der Waals surface area contributed by atoms with Crippen molar-refractivity contribution in [2.24, 2.45) is 0 Å². The number of aromatic nitrogens is 1. The zero-order valence-corrected chi connectivity index (χ0v) is 17.7. The minimum absolute atomic E-state index is 0.0355. The van der Waals surface area contributed by atoms with E-state index in [1.165, 1.54) is 0 Å². The van der Waals surface area contributed by atoms with Crippen molar-refractivity contribution in [3.05, 3.63) is 70.7 Å². The van der Waals surface area contributed by atoms with Gasteiger partial charge in [0.25, 0.3) is 5.91 Å². The fourth-order valence-electron chi connectivity index (χ4n) is 3.26. The van der Waals surface area contributed by atoms with Crippen molar-refractivity contribution in [1.82, 2.24) is 4.98 Å². The zero-order valence-electron chi connectivity index (χ0n) is 17.7. The van der Waals surface area contributed by atoms with Gasteiger partial charge >= 0.3 is 5.97 Å². The normalized spacial score (nSPS) is 10.7. The van der Waals surface area contributed by atoms with Gasteiger partial charge in [0.2, 0.25) is 5.88 Å². The first-order valence-corrected chi connectivity index (χ1v) is 9.81. The number of nitrogens with one attached hydrogen (secondary N) is 1. The molecular weight excluding hydrogens is 410 g/mol. The van der Waals surface area contributed by atoms with Crippen molar-refractivity contribution in [2.45, 2.75) is 20.8 Å². The number of carbonyl (C=O) groups excluding carboxylic acids is 2. The second kappa shape index (κ2) is 8.40. The lowest BCUT2D eigenvalue weighted by molar-refractivity contribution is -0.119. The minimum Gasteiger partial charge on any atom is -0.460 e. The van der Waals surface area contributed by atoms with Crippen LogP contribution in [0.15, 0.2) is 51.3 Å². The number of nitrogens with zero attached hydrogens (tertiary/aromatic N) is 2. The number of amides is 1. The Morgan fingerprint density at radius 1 is 1.12 bits per heavy atom. The molecule has 4 rings (SSSR count). The van der Waals surface area contributed by atoms with Crippen LogP contribution in [0.3, 0.4) is 0 Å². The molecule has 0 saturated heterocycles. The Hall–Kier alpha value is -4.38. The summed E-state index contributed by atoms with van der Waals surface area (Å²) in [5.41, 5.74) is 2.21. The Kier molecular flexibility index (Phi) is 5.48. The lowest BCUT2D eigenvalue weighted by Crippen LogP contribution is -2.21. The van der Waals surface area contributed by atoms with Crippen molar-refractivity contribution >= 4 is 28.7 Å². The molecule has 3 heterocycles. The van der Waals surface area contributed by atoms with Gasteiger partial charge in [0.15, 0.2) is 12.4 Å². The van der Waals surface area contributed by atoms with E-state index < -0.39 is 18.5 Å². The summed E-state index contributed by atoms with van der Waals surface area (Å²) in [6.45, 7) is 4.69. The van der Waals surface area contributed by atoms with Gasteiger partial charge in [-0.15, -0.1) is 0 Å². The van der Waals surface area contributed by atoms with Gasteiger partial charge in [-0.05, 0) is 45.0 Å². The molecule has 0 aliphatic heterocycles. The monoisotopic (exact) mass is 429 g/mol. The maximum Gasteiger partial charge on any atom is 0.339 e. The van der Waals surface area contributed by atoms with E-state index in [2.05, 4.69) is 10.3 Å². The van der Waals surface area contributed by atoms with Gasteiger partial charge in [-0.3, -0.25) is 10.1 Å². The zero-order chi connectivity index (χ0) is 22.8. The number of hydrogen-bond donors (Lipinski definition) is 1. The first-order valence-electron chi connectivity index (χ1n) is 9.81. The summed E-state index contributed by atoms with van der Waals surface area (Å²) in [7, 11) is 0. The van der Waals surface area contributed by atoms with E-state index in [9.17, 15) is 14.9 Å². The molecule has 4 aromatic rings. The van der Waals surface area contributed by atoms with E-state index in [4.69, 9.17) is 13.6 Å². The number of benzene rings is 1. The molecule has 8 nitrogen and oxygen atoms in total. The van der Waals surface area contributed by atoms with Crippen LogP contribution in [0.4, 0.5) is 5.88 Å². The van der Waals surface area contributed by atoms with Gasteiger partial charge < -0.3 is 13.6 Å². The molecule has 0 saturated carbocycles. The lowest BCUT2D eigenvalue weighted by Gasteiger charge is -2.09. The van der Waals surface area contributed by atoms with Gasteiger partial charge in [0.05, 0.1) is 11.1 Å². The summed E-state index contributed by atoms with van der Waals surface area (Å²) >= 11 is 0. The lowest BCUT2D eigenvalue weighted by atomic mass is 10.1. The van der Waals surface area contributed by atoms with Gasteiger partial charge in [-0.2, -0.15) is 5.26 Å². The molecule has 0 unspecified atom stereocenters. The smallest absolute Gasteiger partial charge is 0.339 e. The van der Waals surface area contributed by atoms with Gasteiger partial charge in [0, 0.05) is 10.9 Å². The highest BCUT2D eigenvalue weighted by Gasteiger charge is 2.20. The summed E-state index contributed by atoms with van der Waals surface area (Å²) in [6.07, 6.45) is 0. The number of carbonyl (C=O) groups is 2. The summed E-state index contributed by atoms with van der Waals surface area (Å²) in [5, 5.41) is 12.3. The highest BCUT2D eigenvalue weighted by Crippen LogP contribution is 2.27. The van der Waals surface area contributed by atoms with Crippen molar-refractivity contribution < 1.29 is 23.2 Å². The molecule has 0 fully saturated rings. The summed E-state index contributed by atoms with van der Waals surface area (Å²) in [5.74, 6) is 0.495. The molecule has 1 amide bonds. The first-order chi connectivity index (χ1) is 15.4. The second-order valence-electron chi connectivity index (χ2n) is 7.21.